The van der Waals surface area contributed by atoms with E-state index in [0.29, 0.717) is 6.54 Å². The van der Waals surface area contributed by atoms with Crippen molar-refractivity contribution >= 4 is 27.2 Å². The van der Waals surface area contributed by atoms with E-state index < -0.39 is 0 Å². The maximum Gasteiger partial charge on any atom is 0.193 e. The van der Waals surface area contributed by atoms with E-state index in [1.807, 2.05) is 11.6 Å². The number of hydrogen-bond donors (Lipinski definition) is 1. The lowest BCUT2D eigenvalue weighted by molar-refractivity contribution is 0.809. The molecule has 0 aliphatic carbocycles. The standard InChI is InChI=1S/C15H14N4S/c16-7-11-8-19(14-4-2-1-3-13(11)14)10-12-9-18-5-6-20-15(18)17-12/h1-6,8-9H,7,10,16H2. The molecule has 3 heterocycles. The number of rotatable bonds is 3. The van der Waals surface area contributed by atoms with Gasteiger partial charge in [0.15, 0.2) is 4.96 Å². The highest BCUT2D eigenvalue weighted by Crippen LogP contribution is 2.22. The van der Waals surface area contributed by atoms with Crippen molar-refractivity contribution in [3.05, 3.63) is 59.5 Å². The summed E-state index contributed by atoms with van der Waals surface area (Å²) in [6.07, 6.45) is 6.26. The maximum atomic E-state index is 5.84. The van der Waals surface area contributed by atoms with Crippen molar-refractivity contribution in [2.24, 2.45) is 5.73 Å². The maximum absolute atomic E-state index is 5.84. The number of nitrogens with two attached hydrogens (primary N) is 1. The molecule has 0 radical (unpaired) electrons. The van der Waals surface area contributed by atoms with Crippen molar-refractivity contribution in [2.45, 2.75) is 13.1 Å². The molecule has 0 fully saturated rings. The minimum Gasteiger partial charge on any atom is -0.341 e. The lowest BCUT2D eigenvalue weighted by Gasteiger charge is -2.01. The Morgan fingerprint density at radius 1 is 1.20 bits per heavy atom. The quantitative estimate of drug-likeness (QED) is 0.628. The van der Waals surface area contributed by atoms with Gasteiger partial charge in [-0.3, -0.25) is 4.40 Å². The van der Waals surface area contributed by atoms with Crippen molar-refractivity contribution in [1.82, 2.24) is 14.0 Å². The fourth-order valence-corrected chi connectivity index (χ4v) is 3.36. The smallest absolute Gasteiger partial charge is 0.193 e. The molecule has 0 spiro atoms. The summed E-state index contributed by atoms with van der Waals surface area (Å²) in [5.74, 6) is 0. The minimum atomic E-state index is 0.561. The van der Waals surface area contributed by atoms with Crippen LogP contribution in [0.2, 0.25) is 0 Å². The Morgan fingerprint density at radius 3 is 2.95 bits per heavy atom. The topological polar surface area (TPSA) is 48.2 Å². The molecule has 4 rings (SSSR count). The van der Waals surface area contributed by atoms with Crippen molar-refractivity contribution in [2.75, 3.05) is 0 Å². The van der Waals surface area contributed by atoms with Crippen LogP contribution in [0.1, 0.15) is 11.3 Å². The van der Waals surface area contributed by atoms with E-state index >= 15 is 0 Å². The second-order valence-corrected chi connectivity index (χ2v) is 5.70. The van der Waals surface area contributed by atoms with Gasteiger partial charge in [-0.05, 0) is 11.6 Å². The molecular formula is C15H14N4S. The number of nitrogens with zero attached hydrogens (tertiary/aromatic N) is 3. The molecule has 3 aromatic heterocycles. The van der Waals surface area contributed by atoms with Crippen LogP contribution in [0.5, 0.6) is 0 Å². The minimum absolute atomic E-state index is 0.561. The van der Waals surface area contributed by atoms with E-state index in [4.69, 9.17) is 5.73 Å². The van der Waals surface area contributed by atoms with Crippen LogP contribution in [-0.2, 0) is 13.1 Å². The Kier molecular flexibility index (Phi) is 2.61. The van der Waals surface area contributed by atoms with Crippen molar-refractivity contribution in [1.29, 1.82) is 0 Å². The van der Waals surface area contributed by atoms with Gasteiger partial charge < -0.3 is 10.3 Å². The largest absolute Gasteiger partial charge is 0.341 e. The van der Waals surface area contributed by atoms with E-state index in [1.54, 1.807) is 11.3 Å². The normalized spacial score (nSPS) is 11.7. The molecule has 1 aromatic carbocycles. The first-order chi connectivity index (χ1) is 9.85. The van der Waals surface area contributed by atoms with Crippen LogP contribution in [0, 0.1) is 0 Å². The van der Waals surface area contributed by atoms with Gasteiger partial charge in [0.2, 0.25) is 0 Å². The summed E-state index contributed by atoms with van der Waals surface area (Å²) in [6, 6.07) is 8.37. The first-order valence-corrected chi connectivity index (χ1v) is 7.41. The van der Waals surface area contributed by atoms with E-state index in [-0.39, 0.29) is 0 Å². The highest BCUT2D eigenvalue weighted by molar-refractivity contribution is 7.15. The zero-order valence-corrected chi connectivity index (χ0v) is 11.7. The van der Waals surface area contributed by atoms with Crippen LogP contribution in [0.25, 0.3) is 15.9 Å². The van der Waals surface area contributed by atoms with E-state index in [2.05, 4.69) is 50.6 Å². The Hall–Kier alpha value is -2.11. The average Bonchev–Trinajstić information content (AvgIpc) is 3.12. The fraction of sp³-hybridized carbons (Fsp3) is 0.133. The Labute approximate surface area is 120 Å². The molecule has 4 aromatic rings. The van der Waals surface area contributed by atoms with Gasteiger partial charge >= 0.3 is 0 Å². The first kappa shape index (κ1) is 11.7. The van der Waals surface area contributed by atoms with Gasteiger partial charge in [0.1, 0.15) is 0 Å². The molecule has 0 aliphatic heterocycles. The molecule has 4 nitrogen and oxygen atoms in total. The Bertz CT molecular complexity index is 855. The molecule has 0 aliphatic rings. The summed E-state index contributed by atoms with van der Waals surface area (Å²) in [7, 11) is 0. The fourth-order valence-electron chi connectivity index (χ4n) is 2.64. The van der Waals surface area contributed by atoms with Gasteiger partial charge in [-0.1, -0.05) is 18.2 Å². The SMILES string of the molecule is NCc1cn(Cc2cn3ccsc3n2)c2ccccc12. The second kappa shape index (κ2) is 4.47. The van der Waals surface area contributed by atoms with E-state index in [9.17, 15) is 0 Å². The molecule has 0 saturated carbocycles. The molecule has 2 N–H and O–H groups in total. The van der Waals surface area contributed by atoms with Crippen LogP contribution < -0.4 is 5.73 Å². The van der Waals surface area contributed by atoms with Crippen LogP contribution in [0.4, 0.5) is 0 Å². The summed E-state index contributed by atoms with van der Waals surface area (Å²) >= 11 is 1.65. The monoisotopic (exact) mass is 282 g/mol. The van der Waals surface area contributed by atoms with Crippen LogP contribution in [-0.4, -0.2) is 14.0 Å². The number of aromatic nitrogens is 3. The van der Waals surface area contributed by atoms with Crippen LogP contribution >= 0.6 is 11.3 Å². The summed E-state index contributed by atoms with van der Waals surface area (Å²) in [5.41, 5.74) is 9.30. The molecule has 0 unspecified atom stereocenters. The molecular weight excluding hydrogens is 268 g/mol. The molecule has 0 saturated heterocycles. The second-order valence-electron chi connectivity index (χ2n) is 4.83. The summed E-state index contributed by atoms with van der Waals surface area (Å²) < 4.78 is 4.29. The average molecular weight is 282 g/mol. The number of fused-ring (bicyclic) bond motifs is 2. The van der Waals surface area contributed by atoms with Crippen LogP contribution in [0.15, 0.2) is 48.2 Å². The molecule has 5 heteroatoms. The third-order valence-corrected chi connectivity index (χ3v) is 4.34. The number of benzene rings is 1. The predicted molar refractivity (Wildman–Crippen MR) is 82.0 cm³/mol. The first-order valence-electron chi connectivity index (χ1n) is 6.53. The van der Waals surface area contributed by atoms with Crippen molar-refractivity contribution in [3.63, 3.8) is 0 Å². The van der Waals surface area contributed by atoms with E-state index in [0.717, 1.165) is 17.2 Å². The summed E-state index contributed by atoms with van der Waals surface area (Å²) in [6.45, 7) is 1.33. The van der Waals surface area contributed by atoms with Gasteiger partial charge in [0.25, 0.3) is 0 Å². The number of hydrogen-bond acceptors (Lipinski definition) is 3. The lowest BCUT2D eigenvalue weighted by atomic mass is 10.2. The van der Waals surface area contributed by atoms with Crippen LogP contribution in [0.3, 0.4) is 0 Å². The third-order valence-electron chi connectivity index (χ3n) is 3.57. The number of para-hydroxylation sites is 1. The zero-order chi connectivity index (χ0) is 13.5. The highest BCUT2D eigenvalue weighted by atomic mass is 32.1. The van der Waals surface area contributed by atoms with Crippen molar-refractivity contribution < 1.29 is 0 Å². The van der Waals surface area contributed by atoms with Gasteiger partial charge in [-0.15, -0.1) is 11.3 Å². The third kappa shape index (κ3) is 1.75. The zero-order valence-electron chi connectivity index (χ0n) is 10.9. The summed E-state index contributed by atoms with van der Waals surface area (Å²) in [5, 5.41) is 3.28. The number of imidazole rings is 1. The molecule has 0 amide bonds. The Morgan fingerprint density at radius 2 is 2.10 bits per heavy atom. The van der Waals surface area contributed by atoms with Gasteiger partial charge in [-0.2, -0.15) is 0 Å². The molecule has 20 heavy (non-hydrogen) atoms. The molecule has 100 valence electrons. The lowest BCUT2D eigenvalue weighted by Crippen LogP contribution is -1.99. The summed E-state index contributed by atoms with van der Waals surface area (Å²) in [4.78, 5) is 5.68. The molecule has 0 bridgehead atoms. The predicted octanol–water partition coefficient (Wildman–Crippen LogP) is 2.86. The van der Waals surface area contributed by atoms with Gasteiger partial charge in [0.05, 0.1) is 12.2 Å². The number of thiazole rings is 1. The van der Waals surface area contributed by atoms with Gasteiger partial charge in [0, 0.05) is 41.4 Å². The highest BCUT2D eigenvalue weighted by Gasteiger charge is 2.09. The van der Waals surface area contributed by atoms with Crippen molar-refractivity contribution in [3.8, 4) is 0 Å². The molecule has 0 atom stereocenters. The van der Waals surface area contributed by atoms with E-state index in [1.165, 1.54) is 16.5 Å². The Balaban J connectivity index is 1.80. The van der Waals surface area contributed by atoms with Gasteiger partial charge in [-0.25, -0.2) is 4.98 Å².